The molecule has 0 fully saturated rings. The number of para-hydroxylation sites is 1. The third-order valence-corrected chi connectivity index (χ3v) is 3.40. The molecule has 2 unspecified atom stereocenters. The molecule has 0 spiro atoms. The van der Waals surface area contributed by atoms with Gasteiger partial charge in [-0.3, -0.25) is 4.79 Å². The Bertz CT molecular complexity index is 384. The van der Waals surface area contributed by atoms with Gasteiger partial charge in [-0.2, -0.15) is 0 Å². The number of Topliss-reactive ketones (excluding diaryl/α,β-unsaturated/α-hetero) is 1. The highest BCUT2D eigenvalue weighted by Crippen LogP contribution is 2.35. The molecule has 0 bridgehead atoms. The molecule has 0 aliphatic carbocycles. The monoisotopic (exact) mass is 218 g/mol. The van der Waals surface area contributed by atoms with E-state index < -0.39 is 0 Å². The summed E-state index contributed by atoms with van der Waals surface area (Å²) in [5, 5.41) is 0. The maximum absolute atomic E-state index is 12.2. The number of carbonyl (C=O) groups excluding carboxylic acids is 1. The summed E-state index contributed by atoms with van der Waals surface area (Å²) < 4.78 is 5.57. The normalized spacial score (nSPS) is 20.8. The largest absolute Gasteiger partial charge is 0.493 e. The van der Waals surface area contributed by atoms with Crippen molar-refractivity contribution in [1.82, 2.24) is 0 Å². The Hall–Kier alpha value is -1.31. The predicted molar refractivity (Wildman–Crippen MR) is 63.8 cm³/mol. The van der Waals surface area contributed by atoms with Gasteiger partial charge in [0, 0.05) is 17.4 Å². The van der Waals surface area contributed by atoms with Crippen LogP contribution in [0.1, 0.15) is 38.2 Å². The standard InChI is InChI=1S/C14H18O2/c1-3-10(2)14(15)12-8-9-16-13-7-5-4-6-11(12)13/h4-7,10,12H,3,8-9H2,1-2H3. The second-order valence-corrected chi connectivity index (χ2v) is 4.44. The van der Waals surface area contributed by atoms with Crippen molar-refractivity contribution in [3.63, 3.8) is 0 Å². The summed E-state index contributed by atoms with van der Waals surface area (Å²) in [5.41, 5.74) is 1.07. The zero-order valence-corrected chi connectivity index (χ0v) is 9.90. The minimum atomic E-state index is 0.0416. The molecule has 2 nitrogen and oxygen atoms in total. The minimum Gasteiger partial charge on any atom is -0.493 e. The van der Waals surface area contributed by atoms with E-state index >= 15 is 0 Å². The van der Waals surface area contributed by atoms with Gasteiger partial charge in [0.05, 0.1) is 6.61 Å². The number of hydrogen-bond donors (Lipinski definition) is 0. The number of rotatable bonds is 3. The third-order valence-electron chi connectivity index (χ3n) is 3.40. The molecular formula is C14H18O2. The van der Waals surface area contributed by atoms with E-state index in [1.165, 1.54) is 0 Å². The van der Waals surface area contributed by atoms with Crippen molar-refractivity contribution in [2.24, 2.45) is 5.92 Å². The maximum atomic E-state index is 12.2. The molecule has 2 atom stereocenters. The Labute approximate surface area is 96.6 Å². The highest BCUT2D eigenvalue weighted by molar-refractivity contribution is 5.88. The van der Waals surface area contributed by atoms with Crippen LogP contribution in [-0.4, -0.2) is 12.4 Å². The van der Waals surface area contributed by atoms with E-state index in [0.717, 1.165) is 24.2 Å². The topological polar surface area (TPSA) is 26.3 Å². The molecule has 0 saturated carbocycles. The molecule has 16 heavy (non-hydrogen) atoms. The molecule has 1 heterocycles. The molecular weight excluding hydrogens is 200 g/mol. The lowest BCUT2D eigenvalue weighted by Crippen LogP contribution is -2.25. The second kappa shape index (κ2) is 4.69. The van der Waals surface area contributed by atoms with Crippen molar-refractivity contribution in [1.29, 1.82) is 0 Å². The van der Waals surface area contributed by atoms with Crippen molar-refractivity contribution in [3.05, 3.63) is 29.8 Å². The number of benzene rings is 1. The van der Waals surface area contributed by atoms with Crippen LogP contribution >= 0.6 is 0 Å². The van der Waals surface area contributed by atoms with Gasteiger partial charge < -0.3 is 4.74 Å². The van der Waals surface area contributed by atoms with E-state index in [1.807, 2.05) is 31.2 Å². The van der Waals surface area contributed by atoms with Crippen molar-refractivity contribution in [3.8, 4) is 5.75 Å². The molecule has 1 aliphatic rings. The van der Waals surface area contributed by atoms with Crippen molar-refractivity contribution >= 4 is 5.78 Å². The molecule has 0 amide bonds. The second-order valence-electron chi connectivity index (χ2n) is 4.44. The Morgan fingerprint density at radius 3 is 3.00 bits per heavy atom. The first kappa shape index (κ1) is 11.2. The summed E-state index contributed by atoms with van der Waals surface area (Å²) in [7, 11) is 0. The van der Waals surface area contributed by atoms with E-state index in [9.17, 15) is 4.79 Å². The Morgan fingerprint density at radius 1 is 1.50 bits per heavy atom. The average Bonchev–Trinajstić information content (AvgIpc) is 2.36. The highest BCUT2D eigenvalue weighted by atomic mass is 16.5. The predicted octanol–water partition coefficient (Wildman–Crippen LogP) is 3.17. The van der Waals surface area contributed by atoms with Crippen molar-refractivity contribution in [2.75, 3.05) is 6.61 Å². The van der Waals surface area contributed by atoms with Crippen LogP contribution in [0.5, 0.6) is 5.75 Å². The molecule has 1 aromatic rings. The molecule has 1 aliphatic heterocycles. The molecule has 1 aromatic carbocycles. The molecule has 86 valence electrons. The van der Waals surface area contributed by atoms with E-state index in [4.69, 9.17) is 4.74 Å². The van der Waals surface area contributed by atoms with Crippen molar-refractivity contribution < 1.29 is 9.53 Å². The van der Waals surface area contributed by atoms with Crippen LogP contribution in [-0.2, 0) is 4.79 Å². The average molecular weight is 218 g/mol. The van der Waals surface area contributed by atoms with Crippen LogP contribution in [0, 0.1) is 5.92 Å². The van der Waals surface area contributed by atoms with Gasteiger partial charge in [-0.15, -0.1) is 0 Å². The molecule has 0 aromatic heterocycles. The van der Waals surface area contributed by atoms with Crippen LogP contribution in [0.2, 0.25) is 0 Å². The van der Waals surface area contributed by atoms with E-state index in [1.54, 1.807) is 0 Å². The third kappa shape index (κ3) is 1.97. The summed E-state index contributed by atoms with van der Waals surface area (Å²) >= 11 is 0. The SMILES string of the molecule is CCC(C)C(=O)C1CCOc2ccccc21. The number of ether oxygens (including phenoxy) is 1. The van der Waals surface area contributed by atoms with Crippen LogP contribution in [0.25, 0.3) is 0 Å². The first-order valence-electron chi connectivity index (χ1n) is 5.99. The molecule has 2 rings (SSSR count). The lowest BCUT2D eigenvalue weighted by atomic mass is 9.83. The fraction of sp³-hybridized carbons (Fsp3) is 0.500. The molecule has 0 saturated heterocycles. The first-order chi connectivity index (χ1) is 7.74. The van der Waals surface area contributed by atoms with E-state index in [0.29, 0.717) is 12.4 Å². The van der Waals surface area contributed by atoms with Gasteiger partial charge in [0.1, 0.15) is 11.5 Å². The summed E-state index contributed by atoms with van der Waals surface area (Å²) in [6.07, 6.45) is 1.73. The first-order valence-corrected chi connectivity index (χ1v) is 5.99. The van der Waals surface area contributed by atoms with Crippen LogP contribution < -0.4 is 4.74 Å². The summed E-state index contributed by atoms with van der Waals surface area (Å²) in [4.78, 5) is 12.2. The molecule has 2 heteroatoms. The number of hydrogen-bond acceptors (Lipinski definition) is 2. The quantitative estimate of drug-likeness (QED) is 0.779. The molecule has 0 radical (unpaired) electrons. The maximum Gasteiger partial charge on any atom is 0.143 e. The molecule has 0 N–H and O–H groups in total. The number of ketones is 1. The van der Waals surface area contributed by atoms with Gasteiger partial charge in [0.25, 0.3) is 0 Å². The van der Waals surface area contributed by atoms with Gasteiger partial charge in [-0.1, -0.05) is 32.0 Å². The van der Waals surface area contributed by atoms with Gasteiger partial charge in [-0.05, 0) is 18.9 Å². The van der Waals surface area contributed by atoms with Gasteiger partial charge >= 0.3 is 0 Å². The lowest BCUT2D eigenvalue weighted by molar-refractivity contribution is -0.124. The van der Waals surface area contributed by atoms with Crippen LogP contribution in [0.15, 0.2) is 24.3 Å². The van der Waals surface area contributed by atoms with Gasteiger partial charge in [0.15, 0.2) is 0 Å². The van der Waals surface area contributed by atoms with Gasteiger partial charge in [-0.25, -0.2) is 0 Å². The lowest BCUT2D eigenvalue weighted by Gasteiger charge is -2.26. The van der Waals surface area contributed by atoms with Gasteiger partial charge in [0.2, 0.25) is 0 Å². The fourth-order valence-electron chi connectivity index (χ4n) is 2.18. The van der Waals surface area contributed by atoms with E-state index in [2.05, 4.69) is 6.92 Å². The Morgan fingerprint density at radius 2 is 2.25 bits per heavy atom. The zero-order valence-electron chi connectivity index (χ0n) is 9.90. The highest BCUT2D eigenvalue weighted by Gasteiger charge is 2.29. The van der Waals surface area contributed by atoms with Crippen LogP contribution in [0.3, 0.4) is 0 Å². The smallest absolute Gasteiger partial charge is 0.143 e. The van der Waals surface area contributed by atoms with E-state index in [-0.39, 0.29) is 11.8 Å². The van der Waals surface area contributed by atoms with Crippen LogP contribution in [0.4, 0.5) is 0 Å². The minimum absolute atomic E-state index is 0.0416. The number of fused-ring (bicyclic) bond motifs is 1. The summed E-state index contributed by atoms with van der Waals surface area (Å²) in [6, 6.07) is 7.89. The number of carbonyl (C=O) groups is 1. The van der Waals surface area contributed by atoms with Crippen molar-refractivity contribution in [2.45, 2.75) is 32.6 Å². The Kier molecular flexibility index (Phi) is 3.28. The fourth-order valence-corrected chi connectivity index (χ4v) is 2.18. The summed E-state index contributed by atoms with van der Waals surface area (Å²) in [5.74, 6) is 1.43. The Balaban J connectivity index is 2.28. The summed E-state index contributed by atoms with van der Waals surface area (Å²) in [6.45, 7) is 4.73. The zero-order chi connectivity index (χ0) is 11.5.